The van der Waals surface area contributed by atoms with Crippen LogP contribution in [0.3, 0.4) is 0 Å². The molecule has 0 amide bonds. The molecule has 30 heavy (non-hydrogen) atoms. The number of benzene rings is 3. The van der Waals surface area contributed by atoms with Gasteiger partial charge in [-0.25, -0.2) is 4.79 Å². The third-order valence-corrected chi connectivity index (χ3v) is 4.32. The predicted molar refractivity (Wildman–Crippen MR) is 117 cm³/mol. The maximum absolute atomic E-state index is 12.8. The summed E-state index contributed by atoms with van der Waals surface area (Å²) in [5, 5.41) is 0. The number of ether oxygens (including phenoxy) is 4. The lowest BCUT2D eigenvalue weighted by atomic mass is 10.1. The summed E-state index contributed by atoms with van der Waals surface area (Å²) in [6, 6.07) is 20.7. The molecular formula is C25H26O5. The van der Waals surface area contributed by atoms with Gasteiger partial charge in [-0.1, -0.05) is 42.5 Å². The second kappa shape index (κ2) is 10.3. The van der Waals surface area contributed by atoms with Crippen molar-refractivity contribution < 1.29 is 23.7 Å². The van der Waals surface area contributed by atoms with Crippen molar-refractivity contribution in [3.63, 3.8) is 0 Å². The quantitative estimate of drug-likeness (QED) is 0.334. The lowest BCUT2D eigenvalue weighted by Gasteiger charge is -2.16. The van der Waals surface area contributed by atoms with Crippen LogP contribution in [0.25, 0.3) is 11.1 Å². The maximum atomic E-state index is 12.8. The molecule has 0 atom stereocenters. The van der Waals surface area contributed by atoms with E-state index >= 15 is 0 Å². The summed E-state index contributed by atoms with van der Waals surface area (Å²) >= 11 is 0. The first kappa shape index (κ1) is 21.2. The summed E-state index contributed by atoms with van der Waals surface area (Å²) in [5.74, 6) is 1.37. The molecule has 5 heteroatoms. The average molecular weight is 406 g/mol. The Morgan fingerprint density at radius 3 is 1.77 bits per heavy atom. The average Bonchev–Trinajstić information content (AvgIpc) is 2.77. The molecule has 0 aliphatic carbocycles. The topological polar surface area (TPSA) is 54.0 Å². The summed E-state index contributed by atoms with van der Waals surface area (Å²) in [6.45, 7) is 6.95. The third kappa shape index (κ3) is 5.11. The fraction of sp³-hybridized carbons (Fsp3) is 0.240. The molecule has 0 fully saturated rings. The largest absolute Gasteiger partial charge is 0.490 e. The highest BCUT2D eigenvalue weighted by molar-refractivity contribution is 5.92. The molecule has 0 N–H and O–H groups in total. The van der Waals surface area contributed by atoms with Crippen LogP contribution in [0.4, 0.5) is 0 Å². The van der Waals surface area contributed by atoms with Crippen molar-refractivity contribution in [2.45, 2.75) is 20.8 Å². The van der Waals surface area contributed by atoms with Gasteiger partial charge >= 0.3 is 5.97 Å². The van der Waals surface area contributed by atoms with Crippen LogP contribution in [0.2, 0.25) is 0 Å². The van der Waals surface area contributed by atoms with Gasteiger partial charge in [0.15, 0.2) is 11.5 Å². The van der Waals surface area contributed by atoms with Crippen LogP contribution in [0.1, 0.15) is 31.1 Å². The Balaban J connectivity index is 1.83. The second-order valence-corrected chi connectivity index (χ2v) is 6.38. The van der Waals surface area contributed by atoms with Crippen molar-refractivity contribution in [1.82, 2.24) is 0 Å². The first-order chi connectivity index (χ1) is 14.7. The smallest absolute Gasteiger partial charge is 0.343 e. The van der Waals surface area contributed by atoms with Crippen LogP contribution < -0.4 is 18.9 Å². The Labute approximate surface area is 177 Å². The molecule has 0 aliphatic rings. The zero-order valence-corrected chi connectivity index (χ0v) is 17.5. The van der Waals surface area contributed by atoms with Crippen molar-refractivity contribution in [2.24, 2.45) is 0 Å². The number of carbonyl (C=O) groups is 1. The Hall–Kier alpha value is -3.47. The van der Waals surface area contributed by atoms with E-state index in [-0.39, 0.29) is 0 Å². The van der Waals surface area contributed by atoms with Crippen molar-refractivity contribution in [1.29, 1.82) is 0 Å². The first-order valence-electron chi connectivity index (χ1n) is 10.1. The minimum absolute atomic E-state index is 0.331. The molecule has 0 saturated heterocycles. The molecule has 0 aliphatic heterocycles. The van der Waals surface area contributed by atoms with Gasteiger partial charge in [-0.3, -0.25) is 0 Å². The van der Waals surface area contributed by atoms with Gasteiger partial charge in [0.05, 0.1) is 25.4 Å². The monoisotopic (exact) mass is 406 g/mol. The molecule has 0 spiro atoms. The van der Waals surface area contributed by atoms with E-state index in [1.165, 1.54) is 0 Å². The fourth-order valence-corrected chi connectivity index (χ4v) is 3.02. The minimum atomic E-state index is -0.493. The van der Waals surface area contributed by atoms with Crippen LogP contribution in [0.15, 0.2) is 66.7 Å². The van der Waals surface area contributed by atoms with E-state index in [1.54, 1.807) is 24.3 Å². The number of esters is 1. The Bertz CT molecular complexity index is 938. The summed E-state index contributed by atoms with van der Waals surface area (Å²) in [6.07, 6.45) is 0. The zero-order chi connectivity index (χ0) is 21.3. The van der Waals surface area contributed by atoms with E-state index < -0.39 is 5.97 Å². The van der Waals surface area contributed by atoms with Gasteiger partial charge < -0.3 is 18.9 Å². The minimum Gasteiger partial charge on any atom is -0.490 e. The standard InChI is InChI=1S/C25H26O5/c1-4-27-22-16-20(17-23(28-5-2)24(22)29-6-3)25(26)30-21-14-12-19(13-15-21)18-10-8-7-9-11-18/h7-17H,4-6H2,1-3H3. The fourth-order valence-electron chi connectivity index (χ4n) is 3.02. The Kier molecular flexibility index (Phi) is 7.33. The molecule has 0 radical (unpaired) electrons. The van der Waals surface area contributed by atoms with Crippen LogP contribution in [-0.2, 0) is 0 Å². The highest BCUT2D eigenvalue weighted by atomic mass is 16.5. The van der Waals surface area contributed by atoms with Gasteiger partial charge in [-0.2, -0.15) is 0 Å². The molecule has 0 bridgehead atoms. The van der Waals surface area contributed by atoms with Gasteiger partial charge in [-0.05, 0) is 56.2 Å². The summed E-state index contributed by atoms with van der Waals surface area (Å²) in [4.78, 5) is 12.8. The SMILES string of the molecule is CCOc1cc(C(=O)Oc2ccc(-c3ccccc3)cc2)cc(OCC)c1OCC. The van der Waals surface area contributed by atoms with Crippen LogP contribution in [0.5, 0.6) is 23.0 Å². The van der Waals surface area contributed by atoms with Gasteiger partial charge in [0.2, 0.25) is 5.75 Å². The molecule has 5 nitrogen and oxygen atoms in total. The maximum Gasteiger partial charge on any atom is 0.343 e. The van der Waals surface area contributed by atoms with Gasteiger partial charge in [0.25, 0.3) is 0 Å². The summed E-state index contributed by atoms with van der Waals surface area (Å²) in [7, 11) is 0. The van der Waals surface area contributed by atoms with E-state index in [4.69, 9.17) is 18.9 Å². The van der Waals surface area contributed by atoms with Crippen LogP contribution in [-0.4, -0.2) is 25.8 Å². The van der Waals surface area contributed by atoms with E-state index in [0.717, 1.165) is 11.1 Å². The van der Waals surface area contributed by atoms with Gasteiger partial charge in [0.1, 0.15) is 5.75 Å². The summed E-state index contributed by atoms with van der Waals surface area (Å²) in [5.41, 5.74) is 2.48. The molecule has 3 aromatic carbocycles. The third-order valence-electron chi connectivity index (χ3n) is 4.32. The lowest BCUT2D eigenvalue weighted by Crippen LogP contribution is -2.11. The highest BCUT2D eigenvalue weighted by Gasteiger charge is 2.19. The highest BCUT2D eigenvalue weighted by Crippen LogP contribution is 2.39. The van der Waals surface area contributed by atoms with E-state index in [1.807, 2.05) is 63.2 Å². The van der Waals surface area contributed by atoms with Crippen LogP contribution in [0, 0.1) is 0 Å². The molecule has 156 valence electrons. The Morgan fingerprint density at radius 2 is 1.23 bits per heavy atom. The Morgan fingerprint density at radius 1 is 0.700 bits per heavy atom. The number of rotatable bonds is 9. The number of carbonyl (C=O) groups excluding carboxylic acids is 1. The van der Waals surface area contributed by atoms with Crippen molar-refractivity contribution in [2.75, 3.05) is 19.8 Å². The molecule has 0 aromatic heterocycles. The van der Waals surface area contributed by atoms with Crippen molar-refractivity contribution >= 4 is 5.97 Å². The molecular weight excluding hydrogens is 380 g/mol. The van der Waals surface area contributed by atoms with Crippen molar-refractivity contribution in [3.05, 3.63) is 72.3 Å². The van der Waals surface area contributed by atoms with E-state index in [9.17, 15) is 4.79 Å². The molecule has 0 unspecified atom stereocenters. The van der Waals surface area contributed by atoms with Crippen LogP contribution >= 0.6 is 0 Å². The lowest BCUT2D eigenvalue weighted by molar-refractivity contribution is 0.0733. The number of hydrogen-bond donors (Lipinski definition) is 0. The molecule has 0 saturated carbocycles. The van der Waals surface area contributed by atoms with Crippen molar-refractivity contribution in [3.8, 4) is 34.1 Å². The zero-order valence-electron chi connectivity index (χ0n) is 17.5. The van der Waals surface area contributed by atoms with Gasteiger partial charge in [-0.15, -0.1) is 0 Å². The predicted octanol–water partition coefficient (Wildman–Crippen LogP) is 5.77. The normalized spacial score (nSPS) is 10.4. The summed E-state index contributed by atoms with van der Waals surface area (Å²) < 4.78 is 22.6. The van der Waals surface area contributed by atoms with E-state index in [0.29, 0.717) is 48.4 Å². The molecule has 3 rings (SSSR count). The number of hydrogen-bond acceptors (Lipinski definition) is 5. The van der Waals surface area contributed by atoms with Gasteiger partial charge in [0, 0.05) is 0 Å². The second-order valence-electron chi connectivity index (χ2n) is 6.38. The molecule has 0 heterocycles. The molecule has 3 aromatic rings. The first-order valence-corrected chi connectivity index (χ1v) is 10.1. The van der Waals surface area contributed by atoms with E-state index in [2.05, 4.69) is 0 Å².